The van der Waals surface area contributed by atoms with Crippen LogP contribution in [0.3, 0.4) is 0 Å². The van der Waals surface area contributed by atoms with Crippen LogP contribution in [0.5, 0.6) is 11.5 Å². The number of carboxylic acids is 1. The first-order valence-corrected chi connectivity index (χ1v) is 9.94. The number of hydrogen-bond acceptors (Lipinski definition) is 4. The molecule has 3 rings (SSSR count). The van der Waals surface area contributed by atoms with Gasteiger partial charge in [0, 0.05) is 0 Å². The summed E-state index contributed by atoms with van der Waals surface area (Å²) in [6, 6.07) is 21.7. The van der Waals surface area contributed by atoms with Crippen LogP contribution in [0.2, 0.25) is 0 Å². The smallest absolute Gasteiger partial charge is 0.324 e. The highest BCUT2D eigenvalue weighted by atomic mass is 32.2. The number of sulfonamides is 1. The first-order chi connectivity index (χ1) is 13.4. The van der Waals surface area contributed by atoms with E-state index in [4.69, 9.17) is 4.74 Å². The monoisotopic (exact) mass is 397 g/mol. The van der Waals surface area contributed by atoms with Crippen LogP contribution >= 0.6 is 0 Å². The van der Waals surface area contributed by atoms with Crippen LogP contribution in [0.15, 0.2) is 83.8 Å². The number of carbonyl (C=O) groups is 1. The van der Waals surface area contributed by atoms with Gasteiger partial charge in [0.1, 0.15) is 18.0 Å². The Labute approximate surface area is 163 Å². The highest BCUT2D eigenvalue weighted by Gasteiger charge is 2.27. The molecule has 0 amide bonds. The van der Waals surface area contributed by atoms with Gasteiger partial charge in [-0.1, -0.05) is 35.9 Å². The summed E-state index contributed by atoms with van der Waals surface area (Å²) in [6.45, 7) is 1.16. The fourth-order valence-electron chi connectivity index (χ4n) is 2.58. The fourth-order valence-corrected chi connectivity index (χ4v) is 3.99. The number of rotatable bonds is 7. The molecule has 0 spiro atoms. The lowest BCUT2D eigenvalue weighted by Crippen LogP contribution is -2.35. The average molecular weight is 397 g/mol. The Balaban J connectivity index is 1.91. The molecule has 3 aromatic carbocycles. The van der Waals surface area contributed by atoms with Crippen molar-refractivity contribution in [3.8, 4) is 11.5 Å². The minimum Gasteiger partial charge on any atom is -0.480 e. The van der Waals surface area contributed by atoms with Gasteiger partial charge in [0.05, 0.1) is 10.6 Å². The van der Waals surface area contributed by atoms with Gasteiger partial charge >= 0.3 is 5.97 Å². The van der Waals surface area contributed by atoms with Crippen LogP contribution in [0.25, 0.3) is 0 Å². The topological polar surface area (TPSA) is 83.9 Å². The van der Waals surface area contributed by atoms with Crippen molar-refractivity contribution in [2.75, 3.05) is 10.8 Å². The lowest BCUT2D eigenvalue weighted by molar-refractivity contribution is -0.135. The van der Waals surface area contributed by atoms with E-state index in [1.54, 1.807) is 36.4 Å². The van der Waals surface area contributed by atoms with E-state index in [1.165, 1.54) is 24.3 Å². The highest BCUT2D eigenvalue weighted by Crippen LogP contribution is 2.28. The molecule has 0 aliphatic rings. The predicted octanol–water partition coefficient (Wildman–Crippen LogP) is 4.07. The van der Waals surface area contributed by atoms with Gasteiger partial charge in [0.15, 0.2) is 0 Å². The molecule has 1 N–H and O–H groups in total. The Morgan fingerprint density at radius 1 is 0.893 bits per heavy atom. The van der Waals surface area contributed by atoms with E-state index in [0.29, 0.717) is 11.5 Å². The number of anilines is 1. The minimum absolute atomic E-state index is 0.0314. The van der Waals surface area contributed by atoms with E-state index in [1.807, 2.05) is 25.1 Å². The third kappa shape index (κ3) is 4.50. The molecule has 144 valence electrons. The molecule has 3 aromatic rings. The SMILES string of the molecule is Cc1ccc(S(=O)(=O)N(CC(=O)O)c2ccc(Oc3ccccc3)cc2)cc1. The molecule has 0 atom stereocenters. The quantitative estimate of drug-likeness (QED) is 0.650. The molecule has 0 fully saturated rings. The maximum Gasteiger partial charge on any atom is 0.324 e. The van der Waals surface area contributed by atoms with Crippen LogP contribution in [0.4, 0.5) is 5.69 Å². The van der Waals surface area contributed by atoms with E-state index in [-0.39, 0.29) is 10.6 Å². The van der Waals surface area contributed by atoms with E-state index in [0.717, 1.165) is 9.87 Å². The van der Waals surface area contributed by atoms with Crippen molar-refractivity contribution >= 4 is 21.7 Å². The predicted molar refractivity (Wildman–Crippen MR) is 106 cm³/mol. The zero-order valence-electron chi connectivity index (χ0n) is 15.1. The first kappa shape index (κ1) is 19.4. The van der Waals surface area contributed by atoms with Crippen LogP contribution < -0.4 is 9.04 Å². The second kappa shape index (κ2) is 8.14. The standard InChI is InChI=1S/C21H19NO5S/c1-16-7-13-20(14-8-16)28(25,26)22(15-21(23)24)17-9-11-19(12-10-17)27-18-5-3-2-4-6-18/h2-14H,15H2,1H3,(H,23,24). The number of ether oxygens (including phenoxy) is 1. The van der Waals surface area contributed by atoms with Crippen molar-refractivity contribution < 1.29 is 23.1 Å². The summed E-state index contributed by atoms with van der Waals surface area (Å²) in [5, 5.41) is 9.22. The molecule has 0 bridgehead atoms. The molecular weight excluding hydrogens is 378 g/mol. The third-order valence-corrected chi connectivity index (χ3v) is 5.78. The van der Waals surface area contributed by atoms with Gasteiger partial charge in [-0.25, -0.2) is 8.42 Å². The zero-order chi connectivity index (χ0) is 20.1. The van der Waals surface area contributed by atoms with Crippen molar-refractivity contribution in [2.45, 2.75) is 11.8 Å². The molecule has 0 saturated carbocycles. The van der Waals surface area contributed by atoms with E-state index < -0.39 is 22.5 Å². The Bertz CT molecular complexity index is 1050. The summed E-state index contributed by atoms with van der Waals surface area (Å²) >= 11 is 0. The van der Waals surface area contributed by atoms with E-state index in [2.05, 4.69) is 0 Å². The van der Waals surface area contributed by atoms with Crippen LogP contribution in [-0.2, 0) is 14.8 Å². The van der Waals surface area contributed by atoms with Crippen molar-refractivity contribution in [3.05, 3.63) is 84.4 Å². The third-order valence-electron chi connectivity index (χ3n) is 3.99. The zero-order valence-corrected chi connectivity index (χ0v) is 16.0. The number of aryl methyl sites for hydroxylation is 1. The Hall–Kier alpha value is -3.32. The number of hydrogen-bond donors (Lipinski definition) is 1. The summed E-state index contributed by atoms with van der Waals surface area (Å²) in [4.78, 5) is 11.3. The Kier molecular flexibility index (Phi) is 5.65. The molecule has 0 saturated heterocycles. The van der Waals surface area contributed by atoms with Gasteiger partial charge in [0.25, 0.3) is 10.0 Å². The molecule has 0 aliphatic carbocycles. The normalized spacial score (nSPS) is 11.0. The molecule has 0 heterocycles. The lowest BCUT2D eigenvalue weighted by atomic mass is 10.2. The molecule has 0 aromatic heterocycles. The molecule has 0 radical (unpaired) electrons. The van der Waals surface area contributed by atoms with Crippen molar-refractivity contribution in [1.29, 1.82) is 0 Å². The summed E-state index contributed by atoms with van der Waals surface area (Å²) in [5.74, 6) is -0.0943. The average Bonchev–Trinajstić information content (AvgIpc) is 2.68. The summed E-state index contributed by atoms with van der Waals surface area (Å²) < 4.78 is 32.5. The van der Waals surface area contributed by atoms with Gasteiger partial charge in [-0.05, 0) is 55.5 Å². The summed E-state index contributed by atoms with van der Waals surface area (Å²) in [5.41, 5.74) is 1.15. The molecular formula is C21H19NO5S. The lowest BCUT2D eigenvalue weighted by Gasteiger charge is -2.23. The summed E-state index contributed by atoms with van der Waals surface area (Å²) in [7, 11) is -4.03. The molecule has 7 heteroatoms. The first-order valence-electron chi connectivity index (χ1n) is 8.50. The maximum absolute atomic E-state index is 13.0. The van der Waals surface area contributed by atoms with Gasteiger partial charge < -0.3 is 9.84 Å². The maximum atomic E-state index is 13.0. The molecule has 28 heavy (non-hydrogen) atoms. The van der Waals surface area contributed by atoms with Crippen molar-refractivity contribution in [3.63, 3.8) is 0 Å². The number of benzene rings is 3. The van der Waals surface area contributed by atoms with E-state index >= 15 is 0 Å². The highest BCUT2D eigenvalue weighted by molar-refractivity contribution is 7.92. The molecule has 0 aliphatic heterocycles. The van der Waals surface area contributed by atoms with Crippen molar-refractivity contribution in [1.82, 2.24) is 0 Å². The fraction of sp³-hybridized carbons (Fsp3) is 0.0952. The molecule has 0 unspecified atom stereocenters. The van der Waals surface area contributed by atoms with Crippen LogP contribution in [-0.4, -0.2) is 26.0 Å². The number of aliphatic carboxylic acids is 1. The summed E-state index contributed by atoms with van der Waals surface area (Å²) in [6.07, 6.45) is 0. The Morgan fingerprint density at radius 3 is 2.04 bits per heavy atom. The van der Waals surface area contributed by atoms with Crippen LogP contribution in [0.1, 0.15) is 5.56 Å². The Morgan fingerprint density at radius 2 is 1.46 bits per heavy atom. The largest absolute Gasteiger partial charge is 0.480 e. The van der Waals surface area contributed by atoms with Gasteiger partial charge in [0.2, 0.25) is 0 Å². The van der Waals surface area contributed by atoms with Crippen molar-refractivity contribution in [2.24, 2.45) is 0 Å². The van der Waals surface area contributed by atoms with Crippen LogP contribution in [0, 0.1) is 6.92 Å². The minimum atomic E-state index is -4.03. The molecule has 6 nitrogen and oxygen atoms in total. The van der Waals surface area contributed by atoms with Gasteiger partial charge in [-0.15, -0.1) is 0 Å². The van der Waals surface area contributed by atoms with Gasteiger partial charge in [-0.3, -0.25) is 9.10 Å². The second-order valence-corrected chi connectivity index (χ2v) is 7.99. The number of para-hydroxylation sites is 1. The van der Waals surface area contributed by atoms with Gasteiger partial charge in [-0.2, -0.15) is 0 Å². The van der Waals surface area contributed by atoms with E-state index in [9.17, 15) is 18.3 Å². The number of carboxylic acid groups (broad SMARTS) is 1. The second-order valence-electron chi connectivity index (χ2n) is 6.13. The number of nitrogens with zero attached hydrogens (tertiary/aromatic N) is 1.